The van der Waals surface area contributed by atoms with Crippen molar-refractivity contribution < 1.29 is 24.2 Å². The SMILES string of the molecule is C.CCC(=O)CO.CCC(=O)COC(C)=O. The summed E-state index contributed by atoms with van der Waals surface area (Å²) >= 11 is 0. The fourth-order valence-corrected chi connectivity index (χ4v) is 0.396. The Labute approximate surface area is 96.8 Å². The fraction of sp³-hybridized carbons (Fsp3) is 0.727. The number of carbonyl (C=O) groups is 3. The Balaban J connectivity index is -0.000000214. The van der Waals surface area contributed by atoms with Crippen molar-refractivity contribution in [2.24, 2.45) is 0 Å². The highest BCUT2D eigenvalue weighted by Crippen LogP contribution is 1.82. The monoisotopic (exact) mass is 234 g/mol. The fourth-order valence-electron chi connectivity index (χ4n) is 0.396. The highest BCUT2D eigenvalue weighted by molar-refractivity contribution is 5.81. The molecule has 5 nitrogen and oxygen atoms in total. The molecule has 5 heteroatoms. The van der Waals surface area contributed by atoms with Crippen molar-refractivity contribution in [2.75, 3.05) is 13.2 Å². The highest BCUT2D eigenvalue weighted by atomic mass is 16.5. The standard InChI is InChI=1S/C6H10O3.C4H8O2.CH4/c1-3-6(8)4-9-5(2)7;1-2-4(6)3-5;/h3-4H2,1-2H3;5H,2-3H2,1H3;1H4. The molecule has 0 aromatic carbocycles. The molecule has 0 radical (unpaired) electrons. The number of carbonyl (C=O) groups excluding carboxylic acids is 3. The molecule has 0 aliphatic heterocycles. The van der Waals surface area contributed by atoms with Crippen LogP contribution in [0.4, 0.5) is 0 Å². The van der Waals surface area contributed by atoms with Gasteiger partial charge in [-0.05, 0) is 0 Å². The van der Waals surface area contributed by atoms with E-state index in [0.717, 1.165) is 0 Å². The minimum absolute atomic E-state index is 0. The van der Waals surface area contributed by atoms with E-state index < -0.39 is 5.97 Å². The summed E-state index contributed by atoms with van der Waals surface area (Å²) in [4.78, 5) is 30.5. The Kier molecular flexibility index (Phi) is 17.4. The zero-order valence-corrected chi connectivity index (χ0v) is 9.41. The van der Waals surface area contributed by atoms with Crippen LogP contribution in [0.2, 0.25) is 0 Å². The van der Waals surface area contributed by atoms with Crippen LogP contribution in [0.25, 0.3) is 0 Å². The van der Waals surface area contributed by atoms with E-state index in [2.05, 4.69) is 4.74 Å². The van der Waals surface area contributed by atoms with Gasteiger partial charge in [0, 0.05) is 19.8 Å². The van der Waals surface area contributed by atoms with Gasteiger partial charge in [-0.25, -0.2) is 0 Å². The molecule has 96 valence electrons. The molecule has 0 saturated carbocycles. The van der Waals surface area contributed by atoms with E-state index in [1.54, 1.807) is 13.8 Å². The van der Waals surface area contributed by atoms with E-state index in [-0.39, 0.29) is 32.2 Å². The van der Waals surface area contributed by atoms with Crippen LogP contribution >= 0.6 is 0 Å². The molecule has 0 bridgehead atoms. The Morgan fingerprint density at radius 3 is 1.69 bits per heavy atom. The largest absolute Gasteiger partial charge is 0.458 e. The molecule has 0 fully saturated rings. The Hall–Kier alpha value is -1.23. The van der Waals surface area contributed by atoms with E-state index >= 15 is 0 Å². The molecule has 0 atom stereocenters. The van der Waals surface area contributed by atoms with E-state index in [1.807, 2.05) is 0 Å². The van der Waals surface area contributed by atoms with Crippen molar-refractivity contribution >= 4 is 17.5 Å². The van der Waals surface area contributed by atoms with E-state index in [1.165, 1.54) is 6.92 Å². The van der Waals surface area contributed by atoms with E-state index in [0.29, 0.717) is 12.8 Å². The van der Waals surface area contributed by atoms with Gasteiger partial charge >= 0.3 is 5.97 Å². The van der Waals surface area contributed by atoms with Crippen molar-refractivity contribution in [1.29, 1.82) is 0 Å². The summed E-state index contributed by atoms with van der Waals surface area (Å²) in [5, 5.41) is 7.99. The van der Waals surface area contributed by atoms with Crippen LogP contribution in [-0.4, -0.2) is 35.9 Å². The van der Waals surface area contributed by atoms with Crippen LogP contribution in [-0.2, 0) is 19.1 Å². The normalized spacial score (nSPS) is 8.00. The summed E-state index contributed by atoms with van der Waals surface area (Å²) in [5.41, 5.74) is 0. The maximum Gasteiger partial charge on any atom is 0.303 e. The maximum absolute atomic E-state index is 10.4. The molecule has 0 heterocycles. The zero-order chi connectivity index (χ0) is 12.3. The predicted molar refractivity (Wildman–Crippen MR) is 61.0 cm³/mol. The molecule has 0 aliphatic carbocycles. The molecular formula is C11H22O5. The number of aliphatic hydroxyl groups excluding tert-OH is 1. The van der Waals surface area contributed by atoms with Crippen molar-refractivity contribution in [3.05, 3.63) is 0 Å². The summed E-state index contributed by atoms with van der Waals surface area (Å²) in [5.74, 6) is -0.558. The molecule has 0 spiro atoms. The van der Waals surface area contributed by atoms with E-state index in [9.17, 15) is 14.4 Å². The molecule has 0 aromatic rings. The maximum atomic E-state index is 10.4. The van der Waals surface area contributed by atoms with E-state index in [4.69, 9.17) is 5.11 Å². The quantitative estimate of drug-likeness (QED) is 0.721. The van der Waals surface area contributed by atoms with Crippen LogP contribution < -0.4 is 0 Å². The predicted octanol–water partition coefficient (Wildman–Crippen LogP) is 1.12. The molecular weight excluding hydrogens is 212 g/mol. The minimum Gasteiger partial charge on any atom is -0.458 e. The number of ketones is 2. The second-order valence-corrected chi connectivity index (χ2v) is 2.72. The summed E-state index contributed by atoms with van der Waals surface area (Å²) in [7, 11) is 0. The third-order valence-corrected chi connectivity index (χ3v) is 1.40. The van der Waals surface area contributed by atoms with Crippen molar-refractivity contribution in [1.82, 2.24) is 0 Å². The van der Waals surface area contributed by atoms with Crippen LogP contribution in [0.3, 0.4) is 0 Å². The highest BCUT2D eigenvalue weighted by Gasteiger charge is 1.98. The molecule has 16 heavy (non-hydrogen) atoms. The second kappa shape index (κ2) is 13.8. The third kappa shape index (κ3) is 18.5. The lowest BCUT2D eigenvalue weighted by Gasteiger charge is -1.96. The van der Waals surface area contributed by atoms with Crippen molar-refractivity contribution in [3.63, 3.8) is 0 Å². The van der Waals surface area contributed by atoms with Crippen LogP contribution in [0.15, 0.2) is 0 Å². The van der Waals surface area contributed by atoms with Gasteiger partial charge in [-0.1, -0.05) is 21.3 Å². The Bertz CT molecular complexity index is 204. The first kappa shape index (κ1) is 20.2. The van der Waals surface area contributed by atoms with Gasteiger partial charge in [-0.2, -0.15) is 0 Å². The summed E-state index contributed by atoms with van der Waals surface area (Å²) in [6, 6.07) is 0. The first-order chi connectivity index (χ1) is 6.97. The van der Waals surface area contributed by atoms with Crippen molar-refractivity contribution in [2.45, 2.75) is 41.0 Å². The number of rotatable bonds is 5. The van der Waals surface area contributed by atoms with Gasteiger partial charge < -0.3 is 9.84 Å². The van der Waals surface area contributed by atoms with Gasteiger partial charge in [-0.15, -0.1) is 0 Å². The lowest BCUT2D eigenvalue weighted by atomic mass is 10.3. The van der Waals surface area contributed by atoms with Crippen LogP contribution in [0.5, 0.6) is 0 Å². The summed E-state index contributed by atoms with van der Waals surface area (Å²) in [6.45, 7) is 4.34. The van der Waals surface area contributed by atoms with Crippen LogP contribution in [0, 0.1) is 0 Å². The Morgan fingerprint density at radius 2 is 1.50 bits per heavy atom. The van der Waals surface area contributed by atoms with Gasteiger partial charge in [0.15, 0.2) is 11.6 Å². The number of hydrogen-bond acceptors (Lipinski definition) is 5. The first-order valence-corrected chi connectivity index (χ1v) is 4.75. The number of ether oxygens (including phenoxy) is 1. The molecule has 0 saturated heterocycles. The molecule has 0 aromatic heterocycles. The molecule has 0 unspecified atom stereocenters. The second-order valence-electron chi connectivity index (χ2n) is 2.72. The molecule has 0 aliphatic rings. The van der Waals surface area contributed by atoms with Gasteiger partial charge in [0.2, 0.25) is 0 Å². The average Bonchev–Trinajstić information content (AvgIpc) is 2.25. The molecule has 0 amide bonds. The van der Waals surface area contributed by atoms with Crippen LogP contribution in [0.1, 0.15) is 41.0 Å². The van der Waals surface area contributed by atoms with Crippen molar-refractivity contribution in [3.8, 4) is 0 Å². The van der Waals surface area contributed by atoms with Gasteiger partial charge in [0.1, 0.15) is 13.2 Å². The first-order valence-electron chi connectivity index (χ1n) is 4.75. The third-order valence-electron chi connectivity index (χ3n) is 1.40. The van der Waals surface area contributed by atoms with Gasteiger partial charge in [0.05, 0.1) is 0 Å². The lowest BCUT2D eigenvalue weighted by Crippen LogP contribution is -2.09. The van der Waals surface area contributed by atoms with Gasteiger partial charge in [-0.3, -0.25) is 14.4 Å². The lowest BCUT2D eigenvalue weighted by molar-refractivity contribution is -0.145. The average molecular weight is 234 g/mol. The number of esters is 1. The molecule has 1 N–H and O–H groups in total. The van der Waals surface area contributed by atoms with Gasteiger partial charge in [0.25, 0.3) is 0 Å². The topological polar surface area (TPSA) is 80.7 Å². The summed E-state index contributed by atoms with van der Waals surface area (Å²) in [6.07, 6.45) is 0.865. The smallest absolute Gasteiger partial charge is 0.303 e. The zero-order valence-electron chi connectivity index (χ0n) is 9.41. The number of hydrogen-bond donors (Lipinski definition) is 1. The molecule has 0 rings (SSSR count). The number of aliphatic hydroxyl groups is 1. The number of Topliss-reactive ketones (excluding diaryl/α,β-unsaturated/α-hetero) is 2. The minimum atomic E-state index is -0.406. The summed E-state index contributed by atoms with van der Waals surface area (Å²) < 4.78 is 4.41. The Morgan fingerprint density at radius 1 is 1.06 bits per heavy atom.